The monoisotopic (exact) mass is 351 g/mol. The number of hydrogen-bond acceptors (Lipinski definition) is 3. The molecule has 1 N–H and O–H groups in total. The summed E-state index contributed by atoms with van der Waals surface area (Å²) in [5, 5.41) is 9.33. The van der Waals surface area contributed by atoms with Crippen molar-refractivity contribution in [3.63, 3.8) is 0 Å². The molecule has 3 fully saturated rings. The lowest BCUT2D eigenvalue weighted by Gasteiger charge is -2.55. The van der Waals surface area contributed by atoms with Crippen LogP contribution in [0, 0.1) is 5.41 Å². The normalized spacial score (nSPS) is 33.5. The van der Waals surface area contributed by atoms with Gasteiger partial charge in [-0.1, -0.05) is 6.92 Å². The van der Waals surface area contributed by atoms with E-state index in [-0.39, 0.29) is 17.4 Å². The van der Waals surface area contributed by atoms with Gasteiger partial charge in [-0.2, -0.15) is 0 Å². The quantitative estimate of drug-likeness (QED) is 0.846. The Morgan fingerprint density at radius 1 is 1.20 bits per heavy atom. The predicted octanol–water partition coefficient (Wildman–Crippen LogP) is 2.63. The van der Waals surface area contributed by atoms with Gasteiger partial charge >= 0.3 is 6.09 Å². The van der Waals surface area contributed by atoms with Crippen LogP contribution in [0.2, 0.25) is 0 Å². The standard InChI is InChI=1S/C19H33N3O3/c1-4-17-19(13-22(17)18(24)25)9-6-16(12-19)20-10-7-15(8-11-20)21(5-2)14(3)23/h15-17H,4-13H2,1-3H3,(H,24,25). The molecule has 2 amide bonds. The number of nitrogens with zero attached hydrogens (tertiary/aromatic N) is 3. The maximum atomic E-state index is 11.8. The molecule has 0 radical (unpaired) electrons. The maximum absolute atomic E-state index is 11.8. The highest BCUT2D eigenvalue weighted by molar-refractivity contribution is 5.73. The van der Waals surface area contributed by atoms with Crippen molar-refractivity contribution in [1.29, 1.82) is 0 Å². The number of carboxylic acid groups (broad SMARTS) is 1. The molecule has 0 bridgehead atoms. The van der Waals surface area contributed by atoms with Crippen LogP contribution in [0.5, 0.6) is 0 Å². The molecule has 1 saturated carbocycles. The van der Waals surface area contributed by atoms with E-state index in [2.05, 4.69) is 18.7 Å². The van der Waals surface area contributed by atoms with Crippen LogP contribution in [0.1, 0.15) is 59.3 Å². The molecule has 1 aliphatic carbocycles. The molecule has 2 aliphatic heterocycles. The van der Waals surface area contributed by atoms with Crippen molar-refractivity contribution in [2.24, 2.45) is 5.41 Å². The number of rotatable bonds is 4. The zero-order valence-corrected chi connectivity index (χ0v) is 15.9. The SMILES string of the molecule is CCC1N(C(=O)O)CC12CCC(N1CCC(N(CC)C(C)=O)CC1)C2. The third-order valence-electron chi connectivity index (χ3n) is 7.02. The average molecular weight is 351 g/mol. The molecule has 3 unspecified atom stereocenters. The van der Waals surface area contributed by atoms with Gasteiger partial charge in [-0.25, -0.2) is 4.79 Å². The van der Waals surface area contributed by atoms with Crippen molar-refractivity contribution >= 4 is 12.0 Å². The molecule has 3 rings (SSSR count). The zero-order valence-electron chi connectivity index (χ0n) is 15.9. The van der Waals surface area contributed by atoms with Gasteiger partial charge in [0, 0.05) is 56.6 Å². The molecular formula is C19H33N3O3. The molecular weight excluding hydrogens is 318 g/mol. The van der Waals surface area contributed by atoms with Crippen molar-refractivity contribution in [2.45, 2.75) is 77.4 Å². The zero-order chi connectivity index (χ0) is 18.2. The highest BCUT2D eigenvalue weighted by Gasteiger charge is 2.57. The Labute approximate surface area is 151 Å². The minimum absolute atomic E-state index is 0.190. The van der Waals surface area contributed by atoms with Crippen LogP contribution in [0.15, 0.2) is 0 Å². The Morgan fingerprint density at radius 2 is 1.88 bits per heavy atom. The molecule has 6 heteroatoms. The minimum atomic E-state index is -0.759. The summed E-state index contributed by atoms with van der Waals surface area (Å²) in [6, 6.07) is 1.20. The molecule has 3 atom stereocenters. The van der Waals surface area contributed by atoms with E-state index in [1.807, 2.05) is 4.90 Å². The first-order valence-corrected chi connectivity index (χ1v) is 9.92. The van der Waals surface area contributed by atoms with Crippen molar-refractivity contribution in [2.75, 3.05) is 26.2 Å². The second kappa shape index (κ2) is 7.14. The Bertz CT molecular complexity index is 518. The van der Waals surface area contributed by atoms with Gasteiger partial charge in [0.15, 0.2) is 0 Å². The van der Waals surface area contributed by atoms with Gasteiger partial charge in [0.25, 0.3) is 0 Å². The van der Waals surface area contributed by atoms with Gasteiger partial charge in [-0.3, -0.25) is 4.79 Å². The van der Waals surface area contributed by atoms with E-state index < -0.39 is 6.09 Å². The molecule has 25 heavy (non-hydrogen) atoms. The Hall–Kier alpha value is -1.30. The summed E-state index contributed by atoms with van der Waals surface area (Å²) < 4.78 is 0. The summed E-state index contributed by atoms with van der Waals surface area (Å²) in [5.74, 6) is 0.190. The number of likely N-dealkylation sites (tertiary alicyclic amines) is 2. The fourth-order valence-corrected chi connectivity index (χ4v) is 5.81. The average Bonchev–Trinajstić information content (AvgIpc) is 3.01. The third kappa shape index (κ3) is 3.25. The van der Waals surface area contributed by atoms with E-state index in [9.17, 15) is 14.7 Å². The van der Waals surface area contributed by atoms with Gasteiger partial charge in [-0.15, -0.1) is 0 Å². The molecule has 0 aromatic carbocycles. The molecule has 6 nitrogen and oxygen atoms in total. The van der Waals surface area contributed by atoms with Gasteiger partial charge in [0.2, 0.25) is 5.91 Å². The summed E-state index contributed by atoms with van der Waals surface area (Å²) in [4.78, 5) is 29.4. The third-order valence-corrected chi connectivity index (χ3v) is 7.02. The van der Waals surface area contributed by atoms with Gasteiger partial charge < -0.3 is 19.8 Å². The largest absolute Gasteiger partial charge is 0.465 e. The second-order valence-electron chi connectivity index (χ2n) is 8.17. The Balaban J connectivity index is 1.54. The van der Waals surface area contributed by atoms with Gasteiger partial charge in [0.1, 0.15) is 0 Å². The van der Waals surface area contributed by atoms with Gasteiger partial charge in [0.05, 0.1) is 0 Å². The summed E-state index contributed by atoms with van der Waals surface area (Å²) >= 11 is 0. The van der Waals surface area contributed by atoms with Crippen molar-refractivity contribution in [3.05, 3.63) is 0 Å². The molecule has 0 aromatic heterocycles. The molecule has 1 spiro atoms. The van der Waals surface area contributed by atoms with Crippen LogP contribution in [0.25, 0.3) is 0 Å². The first-order chi connectivity index (χ1) is 11.9. The van der Waals surface area contributed by atoms with Crippen molar-refractivity contribution < 1.29 is 14.7 Å². The molecule has 0 aromatic rings. The Kier molecular flexibility index (Phi) is 5.28. The summed E-state index contributed by atoms with van der Waals surface area (Å²) in [5.41, 5.74) is 0.226. The summed E-state index contributed by atoms with van der Waals surface area (Å²) in [6.45, 7) is 9.50. The van der Waals surface area contributed by atoms with Crippen LogP contribution >= 0.6 is 0 Å². The van der Waals surface area contributed by atoms with E-state index in [0.717, 1.165) is 58.3 Å². The lowest BCUT2D eigenvalue weighted by atomic mass is 9.69. The topological polar surface area (TPSA) is 64.1 Å². The number of amides is 2. The van der Waals surface area contributed by atoms with Crippen LogP contribution in [-0.2, 0) is 4.79 Å². The van der Waals surface area contributed by atoms with Crippen LogP contribution < -0.4 is 0 Å². The van der Waals surface area contributed by atoms with E-state index in [4.69, 9.17) is 0 Å². The minimum Gasteiger partial charge on any atom is -0.465 e. The lowest BCUT2D eigenvalue weighted by molar-refractivity contribution is -0.132. The van der Waals surface area contributed by atoms with Crippen LogP contribution in [0.3, 0.4) is 0 Å². The van der Waals surface area contributed by atoms with E-state index in [1.165, 1.54) is 6.42 Å². The molecule has 3 aliphatic rings. The number of piperidine rings is 1. The van der Waals surface area contributed by atoms with Crippen molar-refractivity contribution in [1.82, 2.24) is 14.7 Å². The Morgan fingerprint density at radius 3 is 2.40 bits per heavy atom. The fraction of sp³-hybridized carbons (Fsp3) is 0.895. The summed E-state index contributed by atoms with van der Waals surface area (Å²) in [7, 11) is 0. The maximum Gasteiger partial charge on any atom is 0.407 e. The van der Waals surface area contributed by atoms with E-state index in [1.54, 1.807) is 11.8 Å². The molecule has 2 heterocycles. The number of carbonyl (C=O) groups excluding carboxylic acids is 1. The predicted molar refractivity (Wildman–Crippen MR) is 96.5 cm³/mol. The molecule has 2 saturated heterocycles. The highest BCUT2D eigenvalue weighted by atomic mass is 16.4. The van der Waals surface area contributed by atoms with Crippen LogP contribution in [0.4, 0.5) is 4.79 Å². The number of hydrogen-bond donors (Lipinski definition) is 1. The van der Waals surface area contributed by atoms with E-state index in [0.29, 0.717) is 12.1 Å². The smallest absolute Gasteiger partial charge is 0.407 e. The molecule has 142 valence electrons. The van der Waals surface area contributed by atoms with Crippen LogP contribution in [-0.4, -0.2) is 76.1 Å². The first kappa shape index (κ1) is 18.5. The highest BCUT2D eigenvalue weighted by Crippen LogP contribution is 2.52. The van der Waals surface area contributed by atoms with Gasteiger partial charge in [-0.05, 0) is 45.4 Å². The second-order valence-corrected chi connectivity index (χ2v) is 8.17. The van der Waals surface area contributed by atoms with E-state index >= 15 is 0 Å². The first-order valence-electron chi connectivity index (χ1n) is 9.92. The van der Waals surface area contributed by atoms with Crippen molar-refractivity contribution in [3.8, 4) is 0 Å². The lowest BCUT2D eigenvalue weighted by Crippen LogP contribution is -2.65. The number of carbonyl (C=O) groups is 2. The fourth-order valence-electron chi connectivity index (χ4n) is 5.81. The summed E-state index contributed by atoms with van der Waals surface area (Å²) in [6.07, 6.45) is 5.79.